The number of hydrogen-bond acceptors (Lipinski definition) is 4. The number of furan rings is 1. The monoisotopic (exact) mass is 393 g/mol. The van der Waals surface area contributed by atoms with Gasteiger partial charge in [-0.25, -0.2) is 9.18 Å². The normalized spacial score (nSPS) is 18.3. The molecule has 1 fully saturated rings. The quantitative estimate of drug-likeness (QED) is 0.592. The number of carbonyl (C=O) groups excluding carboxylic acids is 3. The summed E-state index contributed by atoms with van der Waals surface area (Å²) in [4.78, 5) is 36.1. The third-order valence-corrected chi connectivity index (χ3v) is 4.71. The van der Waals surface area contributed by atoms with E-state index >= 15 is 0 Å². The number of amides is 4. The molecule has 29 heavy (non-hydrogen) atoms. The third-order valence-electron chi connectivity index (χ3n) is 4.71. The van der Waals surface area contributed by atoms with E-state index in [1.807, 2.05) is 0 Å². The molecule has 4 amide bonds. The minimum Gasteiger partial charge on any atom is -0.451 e. The molecule has 1 aromatic heterocycles. The third kappa shape index (κ3) is 3.36. The molecule has 0 saturated carbocycles. The highest BCUT2D eigenvalue weighted by Crippen LogP contribution is 2.28. The highest BCUT2D eigenvalue weighted by Gasteiger charge is 2.43. The summed E-state index contributed by atoms with van der Waals surface area (Å²) in [6, 6.07) is 15.0. The van der Waals surface area contributed by atoms with Crippen LogP contribution in [0.3, 0.4) is 0 Å². The Bertz CT molecular complexity index is 1140. The SMILES string of the molecule is C[C@@]1(c2cccc(NC(=O)c3ccc(-c4ccccc4F)o3)c2)NC(=O)NC1=O. The molecule has 1 saturated heterocycles. The van der Waals surface area contributed by atoms with Gasteiger partial charge in [0.05, 0.1) is 5.56 Å². The Morgan fingerprint density at radius 2 is 1.86 bits per heavy atom. The van der Waals surface area contributed by atoms with Crippen LogP contribution in [0, 0.1) is 5.82 Å². The first-order valence-corrected chi connectivity index (χ1v) is 8.77. The Balaban J connectivity index is 1.55. The molecule has 2 heterocycles. The lowest BCUT2D eigenvalue weighted by molar-refractivity contribution is -0.123. The molecule has 0 aliphatic carbocycles. The topological polar surface area (TPSA) is 100 Å². The van der Waals surface area contributed by atoms with Crippen LogP contribution in [0.1, 0.15) is 23.0 Å². The molecule has 1 atom stereocenters. The summed E-state index contributed by atoms with van der Waals surface area (Å²) in [5.41, 5.74) is -0.0679. The summed E-state index contributed by atoms with van der Waals surface area (Å²) in [6.45, 7) is 1.57. The fourth-order valence-corrected chi connectivity index (χ4v) is 3.11. The average molecular weight is 393 g/mol. The maximum absolute atomic E-state index is 13.9. The van der Waals surface area contributed by atoms with E-state index in [4.69, 9.17) is 4.42 Å². The number of carbonyl (C=O) groups is 3. The van der Waals surface area contributed by atoms with Gasteiger partial charge in [-0.3, -0.25) is 14.9 Å². The first-order chi connectivity index (χ1) is 13.9. The fourth-order valence-electron chi connectivity index (χ4n) is 3.11. The summed E-state index contributed by atoms with van der Waals surface area (Å²) in [5.74, 6) is -1.22. The minimum absolute atomic E-state index is 0.00628. The lowest BCUT2D eigenvalue weighted by Gasteiger charge is -2.21. The molecule has 4 rings (SSSR count). The second kappa shape index (κ2) is 6.90. The van der Waals surface area contributed by atoms with Gasteiger partial charge in [0.2, 0.25) is 0 Å². The molecule has 0 unspecified atom stereocenters. The molecule has 0 bridgehead atoms. The average Bonchev–Trinajstić information content (AvgIpc) is 3.28. The smallest absolute Gasteiger partial charge is 0.322 e. The number of hydrogen-bond donors (Lipinski definition) is 3. The summed E-state index contributed by atoms with van der Waals surface area (Å²) < 4.78 is 19.4. The molecule has 0 radical (unpaired) electrons. The fraction of sp³-hybridized carbons (Fsp3) is 0.0952. The van der Waals surface area contributed by atoms with E-state index in [0.717, 1.165) is 0 Å². The first-order valence-electron chi connectivity index (χ1n) is 8.77. The molecule has 2 aromatic carbocycles. The molecule has 1 aliphatic rings. The summed E-state index contributed by atoms with van der Waals surface area (Å²) in [5, 5.41) is 7.44. The van der Waals surface area contributed by atoms with Gasteiger partial charge in [0, 0.05) is 5.69 Å². The molecule has 3 N–H and O–H groups in total. The van der Waals surface area contributed by atoms with Crippen molar-refractivity contribution in [2.24, 2.45) is 0 Å². The van der Waals surface area contributed by atoms with Crippen molar-refractivity contribution >= 4 is 23.5 Å². The molecular weight excluding hydrogens is 377 g/mol. The van der Waals surface area contributed by atoms with Crippen LogP contribution >= 0.6 is 0 Å². The predicted octanol–water partition coefficient (Wildman–Crippen LogP) is 3.39. The minimum atomic E-state index is -1.24. The lowest BCUT2D eigenvalue weighted by Crippen LogP contribution is -2.40. The molecule has 3 aromatic rings. The van der Waals surface area contributed by atoms with Crippen LogP contribution in [0.15, 0.2) is 65.1 Å². The summed E-state index contributed by atoms with van der Waals surface area (Å²) in [6.07, 6.45) is 0. The number of imide groups is 1. The van der Waals surface area contributed by atoms with Gasteiger partial charge < -0.3 is 15.1 Å². The zero-order chi connectivity index (χ0) is 20.6. The van der Waals surface area contributed by atoms with Crippen LogP contribution in [0.2, 0.25) is 0 Å². The maximum atomic E-state index is 13.9. The molecule has 1 aliphatic heterocycles. The standard InChI is InChI=1S/C21H16FN3O4/c1-21(19(27)24-20(28)25-21)12-5-4-6-13(11-12)23-18(26)17-10-9-16(29-17)14-7-2-3-8-15(14)22/h2-11H,1H3,(H,23,26)(H2,24,25,27,28)/t21-/m0/s1. The largest absolute Gasteiger partial charge is 0.451 e. The van der Waals surface area contributed by atoms with E-state index in [9.17, 15) is 18.8 Å². The molecule has 8 heteroatoms. The second-order valence-electron chi connectivity index (χ2n) is 6.71. The first kappa shape index (κ1) is 18.4. The van der Waals surface area contributed by atoms with Crippen molar-refractivity contribution in [1.82, 2.24) is 10.6 Å². The van der Waals surface area contributed by atoms with Gasteiger partial charge in [-0.2, -0.15) is 0 Å². The van der Waals surface area contributed by atoms with Crippen LogP contribution in [-0.2, 0) is 10.3 Å². The van der Waals surface area contributed by atoms with Crippen molar-refractivity contribution in [2.75, 3.05) is 5.32 Å². The molecular formula is C21H16FN3O4. The van der Waals surface area contributed by atoms with Crippen molar-refractivity contribution < 1.29 is 23.2 Å². The predicted molar refractivity (Wildman–Crippen MR) is 103 cm³/mol. The van der Waals surface area contributed by atoms with Gasteiger partial charge in [-0.1, -0.05) is 24.3 Å². The lowest BCUT2D eigenvalue weighted by atomic mass is 9.92. The van der Waals surface area contributed by atoms with Crippen LogP contribution in [-0.4, -0.2) is 17.8 Å². The van der Waals surface area contributed by atoms with Gasteiger partial charge in [0.1, 0.15) is 17.1 Å². The van der Waals surface area contributed by atoms with E-state index in [1.54, 1.807) is 49.4 Å². The van der Waals surface area contributed by atoms with E-state index in [1.165, 1.54) is 18.2 Å². The van der Waals surface area contributed by atoms with Crippen molar-refractivity contribution in [2.45, 2.75) is 12.5 Å². The zero-order valence-corrected chi connectivity index (χ0v) is 15.3. The number of benzene rings is 2. The Hall–Kier alpha value is -3.94. The van der Waals surface area contributed by atoms with E-state index in [2.05, 4.69) is 16.0 Å². The van der Waals surface area contributed by atoms with E-state index < -0.39 is 29.2 Å². The van der Waals surface area contributed by atoms with Crippen LogP contribution in [0.25, 0.3) is 11.3 Å². The zero-order valence-electron chi connectivity index (χ0n) is 15.3. The van der Waals surface area contributed by atoms with Crippen molar-refractivity contribution in [3.05, 3.63) is 77.8 Å². The van der Waals surface area contributed by atoms with Gasteiger partial charge in [0.25, 0.3) is 11.8 Å². The van der Waals surface area contributed by atoms with Crippen LogP contribution < -0.4 is 16.0 Å². The maximum Gasteiger partial charge on any atom is 0.322 e. The van der Waals surface area contributed by atoms with Crippen molar-refractivity contribution in [3.63, 3.8) is 0 Å². The summed E-state index contributed by atoms with van der Waals surface area (Å²) in [7, 11) is 0. The Morgan fingerprint density at radius 3 is 2.59 bits per heavy atom. The second-order valence-corrected chi connectivity index (χ2v) is 6.71. The number of nitrogens with one attached hydrogen (secondary N) is 3. The van der Waals surface area contributed by atoms with Gasteiger partial charge in [0.15, 0.2) is 5.76 Å². The molecule has 0 spiro atoms. The highest BCUT2D eigenvalue weighted by atomic mass is 19.1. The van der Waals surface area contributed by atoms with Crippen molar-refractivity contribution in [3.8, 4) is 11.3 Å². The number of rotatable bonds is 4. The van der Waals surface area contributed by atoms with Gasteiger partial charge in [-0.05, 0) is 48.9 Å². The Kier molecular flexibility index (Phi) is 4.38. The van der Waals surface area contributed by atoms with Crippen molar-refractivity contribution in [1.29, 1.82) is 0 Å². The van der Waals surface area contributed by atoms with E-state index in [0.29, 0.717) is 11.3 Å². The number of urea groups is 1. The molecule has 7 nitrogen and oxygen atoms in total. The number of halogens is 1. The van der Waals surface area contributed by atoms with Crippen LogP contribution in [0.5, 0.6) is 0 Å². The van der Waals surface area contributed by atoms with Gasteiger partial charge in [-0.15, -0.1) is 0 Å². The molecule has 146 valence electrons. The Labute approximate surface area is 164 Å². The van der Waals surface area contributed by atoms with E-state index in [-0.39, 0.29) is 17.1 Å². The van der Waals surface area contributed by atoms with Crippen LogP contribution in [0.4, 0.5) is 14.9 Å². The Morgan fingerprint density at radius 1 is 1.07 bits per heavy atom. The number of anilines is 1. The van der Waals surface area contributed by atoms with Gasteiger partial charge >= 0.3 is 6.03 Å². The summed E-state index contributed by atoms with van der Waals surface area (Å²) >= 11 is 0. The highest BCUT2D eigenvalue weighted by molar-refractivity contribution is 6.07.